The van der Waals surface area contributed by atoms with Crippen LogP contribution in [-0.4, -0.2) is 27.4 Å². The smallest absolute Gasteiger partial charge is 0.314 e. The van der Waals surface area contributed by atoms with Crippen LogP contribution in [0.2, 0.25) is 0 Å². The molecular weight excluding hydrogens is 215 g/mol. The van der Waals surface area contributed by atoms with Gasteiger partial charge in [0.1, 0.15) is 0 Å². The third-order valence-electron chi connectivity index (χ3n) is 3.08. The van der Waals surface area contributed by atoms with Crippen LogP contribution in [0.4, 0.5) is 4.39 Å². The highest BCUT2D eigenvalue weighted by Crippen LogP contribution is 2.44. The van der Waals surface area contributed by atoms with Crippen molar-refractivity contribution in [1.82, 2.24) is 0 Å². The molecule has 0 aromatic heterocycles. The lowest BCUT2D eigenvalue weighted by Crippen LogP contribution is -2.50. The summed E-state index contributed by atoms with van der Waals surface area (Å²) in [5.41, 5.74) is -0.936. The van der Waals surface area contributed by atoms with Crippen molar-refractivity contribution in [3.8, 4) is 5.75 Å². The Balaban J connectivity index is 2.41. The molecule has 1 aliphatic carbocycles. The van der Waals surface area contributed by atoms with Crippen molar-refractivity contribution in [2.75, 3.05) is 0 Å². The molecule has 5 heteroatoms. The maximum Gasteiger partial charge on any atom is 0.314 e. The van der Waals surface area contributed by atoms with E-state index in [9.17, 15) is 14.3 Å². The molecule has 0 spiro atoms. The standard InChI is InChI=1S/C11H11FO4/c12-8-3-6(1-2-9(8)14)11(10(15)16)4-7(13)5-11/h1-3,7,13-14H,4-5H2,(H,15,16). The number of aliphatic hydroxyl groups excluding tert-OH is 1. The summed E-state index contributed by atoms with van der Waals surface area (Å²) in [7, 11) is 0. The number of carboxylic acids is 1. The number of benzene rings is 1. The van der Waals surface area contributed by atoms with E-state index in [0.29, 0.717) is 0 Å². The third kappa shape index (κ3) is 1.44. The van der Waals surface area contributed by atoms with E-state index in [4.69, 9.17) is 10.2 Å². The van der Waals surface area contributed by atoms with Gasteiger partial charge in [0.2, 0.25) is 0 Å². The van der Waals surface area contributed by atoms with E-state index in [1.165, 1.54) is 6.07 Å². The molecule has 1 aliphatic rings. The molecule has 0 radical (unpaired) electrons. The number of phenols is 1. The summed E-state index contributed by atoms with van der Waals surface area (Å²) in [4.78, 5) is 11.1. The molecule has 1 aromatic carbocycles. The first-order valence-corrected chi connectivity index (χ1v) is 4.86. The number of rotatable bonds is 2. The SMILES string of the molecule is O=C(O)C1(c2ccc(O)c(F)c2)CC(O)C1. The summed E-state index contributed by atoms with van der Waals surface area (Å²) in [5, 5.41) is 27.3. The molecule has 4 nitrogen and oxygen atoms in total. The summed E-state index contributed by atoms with van der Waals surface area (Å²) in [6.45, 7) is 0. The summed E-state index contributed by atoms with van der Waals surface area (Å²) in [6, 6.07) is 3.51. The number of carbonyl (C=O) groups is 1. The lowest BCUT2D eigenvalue weighted by molar-refractivity contribution is -0.152. The Bertz CT molecular complexity index is 438. The van der Waals surface area contributed by atoms with Crippen molar-refractivity contribution in [2.24, 2.45) is 0 Å². The van der Waals surface area contributed by atoms with Gasteiger partial charge in [0.25, 0.3) is 0 Å². The maximum absolute atomic E-state index is 13.1. The fraction of sp³-hybridized carbons (Fsp3) is 0.364. The van der Waals surface area contributed by atoms with Crippen molar-refractivity contribution >= 4 is 5.97 Å². The fourth-order valence-electron chi connectivity index (χ4n) is 2.08. The van der Waals surface area contributed by atoms with Crippen LogP contribution in [0.1, 0.15) is 18.4 Å². The van der Waals surface area contributed by atoms with E-state index in [0.717, 1.165) is 12.1 Å². The van der Waals surface area contributed by atoms with Crippen molar-refractivity contribution in [3.05, 3.63) is 29.6 Å². The molecule has 0 heterocycles. The van der Waals surface area contributed by atoms with Crippen LogP contribution in [-0.2, 0) is 10.2 Å². The molecule has 0 unspecified atom stereocenters. The van der Waals surface area contributed by atoms with E-state index >= 15 is 0 Å². The van der Waals surface area contributed by atoms with Crippen molar-refractivity contribution in [1.29, 1.82) is 0 Å². The quantitative estimate of drug-likeness (QED) is 0.703. The zero-order valence-electron chi connectivity index (χ0n) is 8.35. The number of aromatic hydroxyl groups is 1. The average molecular weight is 226 g/mol. The second kappa shape index (κ2) is 3.45. The minimum absolute atomic E-state index is 0.0759. The van der Waals surface area contributed by atoms with E-state index in [2.05, 4.69) is 0 Å². The Kier molecular flexibility index (Phi) is 2.35. The first-order valence-electron chi connectivity index (χ1n) is 4.86. The number of carboxylic acid groups (broad SMARTS) is 1. The topological polar surface area (TPSA) is 77.8 Å². The van der Waals surface area contributed by atoms with Crippen molar-refractivity contribution in [3.63, 3.8) is 0 Å². The molecule has 1 aromatic rings. The fourth-order valence-corrected chi connectivity index (χ4v) is 2.08. The van der Waals surface area contributed by atoms with Crippen LogP contribution in [0.5, 0.6) is 5.75 Å². The van der Waals surface area contributed by atoms with Crippen molar-refractivity contribution in [2.45, 2.75) is 24.4 Å². The number of hydrogen-bond acceptors (Lipinski definition) is 3. The van der Waals surface area contributed by atoms with Gasteiger partial charge in [0.05, 0.1) is 11.5 Å². The number of phenolic OH excluding ortho intramolecular Hbond substituents is 1. The summed E-state index contributed by atoms with van der Waals surface area (Å²) in [5.74, 6) is -2.44. The van der Waals surface area contributed by atoms with Crippen LogP contribution in [0, 0.1) is 5.82 Å². The van der Waals surface area contributed by atoms with Crippen LogP contribution >= 0.6 is 0 Å². The van der Waals surface area contributed by atoms with Gasteiger partial charge in [0, 0.05) is 0 Å². The predicted octanol–water partition coefficient (Wildman–Crippen LogP) is 1.01. The second-order valence-corrected chi connectivity index (χ2v) is 4.12. The van der Waals surface area contributed by atoms with Gasteiger partial charge in [-0.25, -0.2) is 4.39 Å². The van der Waals surface area contributed by atoms with Crippen molar-refractivity contribution < 1.29 is 24.5 Å². The second-order valence-electron chi connectivity index (χ2n) is 4.12. The molecule has 2 rings (SSSR count). The monoisotopic (exact) mass is 226 g/mol. The number of aliphatic hydroxyl groups is 1. The van der Waals surface area contributed by atoms with Gasteiger partial charge in [-0.05, 0) is 30.5 Å². The first-order chi connectivity index (χ1) is 7.45. The van der Waals surface area contributed by atoms with Gasteiger partial charge in [-0.1, -0.05) is 6.07 Å². The maximum atomic E-state index is 13.1. The van der Waals surface area contributed by atoms with E-state index in [-0.39, 0.29) is 18.4 Å². The zero-order chi connectivity index (χ0) is 11.9. The Morgan fingerprint density at radius 3 is 2.50 bits per heavy atom. The van der Waals surface area contributed by atoms with E-state index in [1.807, 2.05) is 0 Å². The zero-order valence-corrected chi connectivity index (χ0v) is 8.35. The molecule has 0 bridgehead atoms. The van der Waals surface area contributed by atoms with Crippen LogP contribution in [0.15, 0.2) is 18.2 Å². The predicted molar refractivity (Wildman–Crippen MR) is 52.6 cm³/mol. The van der Waals surface area contributed by atoms with Gasteiger partial charge in [-0.3, -0.25) is 4.79 Å². The third-order valence-corrected chi connectivity index (χ3v) is 3.08. The Morgan fingerprint density at radius 1 is 1.44 bits per heavy atom. The first kappa shape index (κ1) is 10.9. The highest BCUT2D eigenvalue weighted by Gasteiger charge is 2.51. The van der Waals surface area contributed by atoms with Gasteiger partial charge in [0.15, 0.2) is 11.6 Å². The normalized spacial score (nSPS) is 28.5. The molecule has 3 N–H and O–H groups in total. The Hall–Kier alpha value is -1.62. The molecule has 86 valence electrons. The molecule has 0 atom stereocenters. The lowest BCUT2D eigenvalue weighted by atomic mass is 9.63. The van der Waals surface area contributed by atoms with Gasteiger partial charge in [-0.15, -0.1) is 0 Å². The van der Waals surface area contributed by atoms with E-state index in [1.54, 1.807) is 0 Å². The van der Waals surface area contributed by atoms with Crippen LogP contribution < -0.4 is 0 Å². The van der Waals surface area contributed by atoms with Crippen LogP contribution in [0.3, 0.4) is 0 Å². The van der Waals surface area contributed by atoms with Gasteiger partial charge < -0.3 is 15.3 Å². The Labute approximate surface area is 91.0 Å². The lowest BCUT2D eigenvalue weighted by Gasteiger charge is -2.42. The van der Waals surface area contributed by atoms with E-state index < -0.39 is 29.1 Å². The summed E-state index contributed by atoms with van der Waals surface area (Å²) < 4.78 is 13.1. The minimum Gasteiger partial charge on any atom is -0.505 e. The van der Waals surface area contributed by atoms with Gasteiger partial charge in [-0.2, -0.15) is 0 Å². The highest BCUT2D eigenvalue weighted by molar-refractivity contribution is 5.83. The Morgan fingerprint density at radius 2 is 2.06 bits per heavy atom. The average Bonchev–Trinajstić information content (AvgIpc) is 2.17. The largest absolute Gasteiger partial charge is 0.505 e. The number of hydrogen-bond donors (Lipinski definition) is 3. The number of halogens is 1. The summed E-state index contributed by atoms with van der Waals surface area (Å²) >= 11 is 0. The molecule has 16 heavy (non-hydrogen) atoms. The molecule has 1 saturated carbocycles. The number of aliphatic carboxylic acids is 1. The molecule has 0 aliphatic heterocycles. The van der Waals surface area contributed by atoms with Gasteiger partial charge >= 0.3 is 5.97 Å². The summed E-state index contributed by atoms with van der Waals surface area (Å²) in [6.07, 6.45) is -0.507. The molecular formula is C11H11FO4. The van der Waals surface area contributed by atoms with Crippen LogP contribution in [0.25, 0.3) is 0 Å². The highest BCUT2D eigenvalue weighted by atomic mass is 19.1. The molecule has 0 saturated heterocycles. The minimum atomic E-state index is -1.21. The molecule has 1 fully saturated rings. The molecule has 0 amide bonds.